The Kier molecular flexibility index (Phi) is 11.3. The second kappa shape index (κ2) is 14.9. The summed E-state index contributed by atoms with van der Waals surface area (Å²) in [7, 11) is 0. The van der Waals surface area contributed by atoms with Crippen molar-refractivity contribution < 1.29 is 34.0 Å². The predicted octanol–water partition coefficient (Wildman–Crippen LogP) is 2.87. The molecule has 1 atom stereocenters. The molecular formula is C26H35N3O7. The molecule has 0 saturated heterocycles. The Bertz CT molecular complexity index is 932. The number of ether oxygens (including phenoxy) is 3. The number of urea groups is 1. The lowest BCUT2D eigenvalue weighted by molar-refractivity contribution is 0.0382. The third-order valence-electron chi connectivity index (χ3n) is 5.63. The minimum Gasteiger partial charge on any atom is -0.491 e. The van der Waals surface area contributed by atoms with E-state index in [2.05, 4.69) is 16.0 Å². The molecule has 196 valence electrons. The molecular weight excluding hydrogens is 466 g/mol. The number of aliphatic hydroxyl groups is 1. The van der Waals surface area contributed by atoms with Crippen LogP contribution in [0.1, 0.15) is 36.0 Å². The fourth-order valence-electron chi connectivity index (χ4n) is 3.72. The lowest BCUT2D eigenvalue weighted by atomic mass is 10.2. The van der Waals surface area contributed by atoms with Gasteiger partial charge in [0.05, 0.1) is 18.3 Å². The Hall–Kier alpha value is -3.34. The first kappa shape index (κ1) is 27.3. The molecule has 2 amide bonds. The van der Waals surface area contributed by atoms with Crippen molar-refractivity contribution in [2.24, 2.45) is 0 Å². The van der Waals surface area contributed by atoms with Crippen molar-refractivity contribution in [1.29, 1.82) is 0 Å². The number of amides is 2. The van der Waals surface area contributed by atoms with Crippen molar-refractivity contribution >= 4 is 17.7 Å². The molecule has 0 heterocycles. The van der Waals surface area contributed by atoms with Crippen molar-refractivity contribution in [3.05, 3.63) is 54.1 Å². The van der Waals surface area contributed by atoms with Crippen LogP contribution in [0, 0.1) is 0 Å². The zero-order chi connectivity index (χ0) is 25.6. The summed E-state index contributed by atoms with van der Waals surface area (Å²) in [5.74, 6) is 0.356. The molecule has 5 N–H and O–H groups in total. The van der Waals surface area contributed by atoms with E-state index in [0.717, 1.165) is 18.6 Å². The Labute approximate surface area is 210 Å². The van der Waals surface area contributed by atoms with Gasteiger partial charge in [-0.15, -0.1) is 0 Å². The number of benzene rings is 2. The summed E-state index contributed by atoms with van der Waals surface area (Å²) in [6, 6.07) is 12.7. The van der Waals surface area contributed by atoms with Crippen molar-refractivity contribution in [2.75, 3.05) is 44.8 Å². The number of carbonyl (C=O) groups excluding carboxylic acids is 1. The molecule has 0 radical (unpaired) electrons. The van der Waals surface area contributed by atoms with Gasteiger partial charge in [0.15, 0.2) is 0 Å². The average molecular weight is 502 g/mol. The maximum absolute atomic E-state index is 11.9. The normalized spacial score (nSPS) is 14.2. The lowest BCUT2D eigenvalue weighted by Crippen LogP contribution is -2.38. The summed E-state index contributed by atoms with van der Waals surface area (Å²) in [6.07, 6.45) is 4.48. The minimum absolute atomic E-state index is 0.128. The van der Waals surface area contributed by atoms with Gasteiger partial charge >= 0.3 is 12.0 Å². The van der Waals surface area contributed by atoms with Crippen molar-refractivity contribution in [3.63, 3.8) is 0 Å². The molecule has 1 aliphatic carbocycles. The number of hydrogen-bond donors (Lipinski definition) is 5. The molecule has 0 aromatic heterocycles. The van der Waals surface area contributed by atoms with Gasteiger partial charge in [0.25, 0.3) is 0 Å². The van der Waals surface area contributed by atoms with Crippen molar-refractivity contribution in [3.8, 4) is 11.5 Å². The van der Waals surface area contributed by atoms with Crippen LogP contribution < -0.4 is 25.4 Å². The van der Waals surface area contributed by atoms with Gasteiger partial charge in [-0.25, -0.2) is 9.59 Å². The highest BCUT2D eigenvalue weighted by molar-refractivity contribution is 5.91. The minimum atomic E-state index is -1.02. The van der Waals surface area contributed by atoms with E-state index in [1.54, 1.807) is 12.1 Å². The van der Waals surface area contributed by atoms with E-state index in [4.69, 9.17) is 19.3 Å². The summed E-state index contributed by atoms with van der Waals surface area (Å²) in [5, 5.41) is 27.3. The molecule has 10 heteroatoms. The summed E-state index contributed by atoms with van der Waals surface area (Å²) in [4.78, 5) is 22.7. The van der Waals surface area contributed by atoms with E-state index in [0.29, 0.717) is 50.4 Å². The predicted molar refractivity (Wildman–Crippen MR) is 135 cm³/mol. The summed E-state index contributed by atoms with van der Waals surface area (Å²) in [5.41, 5.74) is 0.639. The largest absolute Gasteiger partial charge is 0.491 e. The SMILES string of the molecule is O=C(NCCNCC(O)COc1ccc(OCCOC2CCCC2)cc1)Nc1ccc(C(=O)O)cc1. The maximum atomic E-state index is 11.9. The first-order chi connectivity index (χ1) is 17.5. The van der Waals surface area contributed by atoms with Crippen LogP contribution in [0.15, 0.2) is 48.5 Å². The molecule has 1 aliphatic rings. The van der Waals surface area contributed by atoms with Crippen molar-refractivity contribution in [2.45, 2.75) is 37.9 Å². The molecule has 0 bridgehead atoms. The maximum Gasteiger partial charge on any atom is 0.335 e. The second-order valence-corrected chi connectivity index (χ2v) is 8.53. The van der Waals surface area contributed by atoms with Crippen LogP contribution in [-0.4, -0.2) is 73.9 Å². The van der Waals surface area contributed by atoms with Crippen LogP contribution in [0.2, 0.25) is 0 Å². The van der Waals surface area contributed by atoms with E-state index < -0.39 is 18.1 Å². The zero-order valence-corrected chi connectivity index (χ0v) is 20.3. The zero-order valence-electron chi connectivity index (χ0n) is 20.3. The fraction of sp³-hybridized carbons (Fsp3) is 0.462. The smallest absolute Gasteiger partial charge is 0.335 e. The van der Waals surface area contributed by atoms with E-state index in [9.17, 15) is 14.7 Å². The number of rotatable bonds is 15. The fourth-order valence-corrected chi connectivity index (χ4v) is 3.72. The van der Waals surface area contributed by atoms with Crippen LogP contribution in [0.3, 0.4) is 0 Å². The van der Waals surface area contributed by atoms with E-state index in [1.165, 1.54) is 37.1 Å². The van der Waals surface area contributed by atoms with Gasteiger partial charge in [0.1, 0.15) is 30.8 Å². The monoisotopic (exact) mass is 501 g/mol. The molecule has 2 aromatic carbocycles. The van der Waals surface area contributed by atoms with Gasteiger partial charge in [-0.05, 0) is 61.4 Å². The summed E-state index contributed by atoms with van der Waals surface area (Å²) in [6.45, 7) is 2.34. The molecule has 1 saturated carbocycles. The summed E-state index contributed by atoms with van der Waals surface area (Å²) < 4.78 is 17.1. The van der Waals surface area contributed by atoms with E-state index in [1.807, 2.05) is 12.1 Å². The first-order valence-corrected chi connectivity index (χ1v) is 12.2. The van der Waals surface area contributed by atoms with Gasteiger partial charge in [-0.1, -0.05) is 12.8 Å². The van der Waals surface area contributed by atoms with Gasteiger partial charge in [0, 0.05) is 25.3 Å². The van der Waals surface area contributed by atoms with Gasteiger partial charge in [0.2, 0.25) is 0 Å². The van der Waals surface area contributed by atoms with E-state index >= 15 is 0 Å². The third-order valence-corrected chi connectivity index (χ3v) is 5.63. The Balaban J connectivity index is 1.20. The average Bonchev–Trinajstić information content (AvgIpc) is 3.40. The van der Waals surface area contributed by atoms with E-state index in [-0.39, 0.29) is 12.2 Å². The first-order valence-electron chi connectivity index (χ1n) is 12.2. The number of hydrogen-bond acceptors (Lipinski definition) is 7. The van der Waals surface area contributed by atoms with Gasteiger partial charge in [-0.2, -0.15) is 0 Å². The highest BCUT2D eigenvalue weighted by Gasteiger charge is 2.14. The van der Waals surface area contributed by atoms with Crippen molar-refractivity contribution in [1.82, 2.24) is 10.6 Å². The molecule has 10 nitrogen and oxygen atoms in total. The lowest BCUT2D eigenvalue weighted by Gasteiger charge is -2.14. The van der Waals surface area contributed by atoms with Crippen LogP contribution in [0.5, 0.6) is 11.5 Å². The van der Waals surface area contributed by atoms with Crippen LogP contribution in [0.25, 0.3) is 0 Å². The number of anilines is 1. The number of carbonyl (C=O) groups is 2. The van der Waals surface area contributed by atoms with Crippen LogP contribution in [-0.2, 0) is 4.74 Å². The number of aromatic carboxylic acids is 1. The third kappa shape index (κ3) is 10.1. The Morgan fingerprint density at radius 3 is 2.25 bits per heavy atom. The molecule has 36 heavy (non-hydrogen) atoms. The van der Waals surface area contributed by atoms with Gasteiger partial charge < -0.3 is 40.4 Å². The van der Waals surface area contributed by atoms with Gasteiger partial charge in [-0.3, -0.25) is 0 Å². The molecule has 0 aliphatic heterocycles. The molecule has 2 aromatic rings. The number of aliphatic hydroxyl groups excluding tert-OH is 1. The highest BCUT2D eigenvalue weighted by atomic mass is 16.5. The Morgan fingerprint density at radius 2 is 1.58 bits per heavy atom. The quantitative estimate of drug-likeness (QED) is 0.235. The second-order valence-electron chi connectivity index (χ2n) is 8.53. The number of carboxylic acid groups (broad SMARTS) is 1. The standard InChI is InChI=1S/C26H35N3O7/c30-21(17-27-13-14-28-26(33)29-20-7-5-19(6-8-20)25(31)32)18-36-24-11-9-23(10-12-24)35-16-15-34-22-3-1-2-4-22/h5-12,21-22,27,30H,1-4,13-18H2,(H,31,32)(H2,28,29,33). The Morgan fingerprint density at radius 1 is 0.917 bits per heavy atom. The molecule has 1 fully saturated rings. The number of nitrogens with one attached hydrogen (secondary N) is 3. The van der Waals surface area contributed by atoms with Crippen LogP contribution >= 0.6 is 0 Å². The molecule has 0 spiro atoms. The topological polar surface area (TPSA) is 138 Å². The molecule has 3 rings (SSSR count). The number of carboxylic acids is 1. The molecule has 1 unspecified atom stereocenters. The van der Waals surface area contributed by atoms with Crippen LogP contribution in [0.4, 0.5) is 10.5 Å². The highest BCUT2D eigenvalue weighted by Crippen LogP contribution is 2.21. The summed E-state index contributed by atoms with van der Waals surface area (Å²) >= 11 is 0.